The van der Waals surface area contributed by atoms with Crippen molar-refractivity contribution in [3.05, 3.63) is 23.8 Å². The average Bonchev–Trinajstić information content (AvgIpc) is 2.42. The number of anilines is 1. The third-order valence-corrected chi connectivity index (χ3v) is 2.79. The normalized spacial score (nSPS) is 10.3. The Balaban J connectivity index is 2.81. The lowest BCUT2D eigenvalue weighted by atomic mass is 10.1. The molecule has 1 amide bonds. The molecule has 0 unspecified atom stereocenters. The van der Waals surface area contributed by atoms with Crippen LogP contribution in [0.5, 0.6) is 5.75 Å². The predicted molar refractivity (Wildman–Crippen MR) is 75.5 cm³/mol. The van der Waals surface area contributed by atoms with Crippen LogP contribution in [0, 0.1) is 0 Å². The van der Waals surface area contributed by atoms with Crippen molar-refractivity contribution in [1.29, 1.82) is 0 Å². The molecule has 0 fully saturated rings. The van der Waals surface area contributed by atoms with Gasteiger partial charge >= 0.3 is 0 Å². The van der Waals surface area contributed by atoms with Crippen LogP contribution in [-0.4, -0.2) is 44.2 Å². The van der Waals surface area contributed by atoms with Crippen molar-refractivity contribution in [2.75, 3.05) is 39.1 Å². The lowest BCUT2D eigenvalue weighted by molar-refractivity contribution is 0.0669. The highest BCUT2D eigenvalue weighted by Crippen LogP contribution is 2.19. The third kappa shape index (κ3) is 4.44. The first kappa shape index (κ1) is 15.3. The number of benzene rings is 1. The largest absolute Gasteiger partial charge is 0.497 e. The number of carbonyl (C=O) groups excluding carboxylic acids is 1. The van der Waals surface area contributed by atoms with Crippen molar-refractivity contribution in [1.82, 2.24) is 4.90 Å². The molecule has 0 heterocycles. The number of nitrogens with zero attached hydrogens (tertiary/aromatic N) is 1. The van der Waals surface area contributed by atoms with Crippen molar-refractivity contribution in [3.8, 4) is 5.75 Å². The number of rotatable bonds is 7. The Morgan fingerprint density at radius 1 is 1.32 bits per heavy atom. The van der Waals surface area contributed by atoms with Crippen LogP contribution in [0.1, 0.15) is 24.2 Å². The Morgan fingerprint density at radius 2 is 2.05 bits per heavy atom. The highest BCUT2D eigenvalue weighted by Gasteiger charge is 2.15. The quantitative estimate of drug-likeness (QED) is 0.603. The zero-order valence-corrected chi connectivity index (χ0v) is 11.8. The van der Waals surface area contributed by atoms with Crippen LogP contribution in [0.2, 0.25) is 0 Å². The minimum atomic E-state index is -0.0622. The summed E-state index contributed by atoms with van der Waals surface area (Å²) in [5.41, 5.74) is 6.82. The number of nitrogen functional groups attached to an aromatic ring is 1. The summed E-state index contributed by atoms with van der Waals surface area (Å²) in [7, 11) is 1.55. The minimum absolute atomic E-state index is 0.0622. The van der Waals surface area contributed by atoms with E-state index in [1.165, 1.54) is 0 Å². The van der Waals surface area contributed by atoms with Crippen LogP contribution >= 0.6 is 0 Å². The molecule has 5 nitrogen and oxygen atoms in total. The van der Waals surface area contributed by atoms with Gasteiger partial charge < -0.3 is 20.1 Å². The van der Waals surface area contributed by atoms with Gasteiger partial charge in [0.2, 0.25) is 0 Å². The third-order valence-electron chi connectivity index (χ3n) is 2.79. The van der Waals surface area contributed by atoms with E-state index in [-0.39, 0.29) is 5.91 Å². The topological polar surface area (TPSA) is 64.8 Å². The molecule has 0 atom stereocenters. The molecule has 5 heteroatoms. The summed E-state index contributed by atoms with van der Waals surface area (Å²) in [5.74, 6) is 0.525. The summed E-state index contributed by atoms with van der Waals surface area (Å²) >= 11 is 0. The maximum absolute atomic E-state index is 12.3. The molecule has 1 aromatic carbocycles. The molecule has 0 bridgehead atoms. The maximum atomic E-state index is 12.3. The molecule has 0 aliphatic heterocycles. The highest BCUT2D eigenvalue weighted by atomic mass is 16.5. The summed E-state index contributed by atoms with van der Waals surface area (Å²) < 4.78 is 10.4. The molecule has 0 spiro atoms. The van der Waals surface area contributed by atoms with Gasteiger partial charge in [-0.25, -0.2) is 0 Å². The molecule has 106 valence electrons. The minimum Gasteiger partial charge on any atom is -0.497 e. The van der Waals surface area contributed by atoms with Crippen molar-refractivity contribution in [2.45, 2.75) is 13.8 Å². The fraction of sp³-hybridized carbons (Fsp3) is 0.500. The maximum Gasteiger partial charge on any atom is 0.254 e. The molecular weight excluding hydrogens is 244 g/mol. The van der Waals surface area contributed by atoms with Gasteiger partial charge in [-0.1, -0.05) is 0 Å². The second kappa shape index (κ2) is 7.63. The number of ether oxygens (including phenoxy) is 2. The van der Waals surface area contributed by atoms with Crippen molar-refractivity contribution in [3.63, 3.8) is 0 Å². The van der Waals surface area contributed by atoms with Gasteiger partial charge in [0.1, 0.15) is 5.75 Å². The van der Waals surface area contributed by atoms with Gasteiger partial charge in [0, 0.05) is 37.0 Å². The van der Waals surface area contributed by atoms with E-state index >= 15 is 0 Å². The molecule has 0 radical (unpaired) electrons. The van der Waals surface area contributed by atoms with Gasteiger partial charge in [-0.2, -0.15) is 0 Å². The second-order valence-electron chi connectivity index (χ2n) is 4.08. The van der Waals surface area contributed by atoms with Crippen LogP contribution < -0.4 is 10.5 Å². The fourth-order valence-corrected chi connectivity index (χ4v) is 1.77. The van der Waals surface area contributed by atoms with Gasteiger partial charge in [-0.15, -0.1) is 0 Å². The van der Waals surface area contributed by atoms with Crippen molar-refractivity contribution < 1.29 is 14.3 Å². The van der Waals surface area contributed by atoms with Gasteiger partial charge in [0.25, 0.3) is 5.91 Å². The Kier molecular flexibility index (Phi) is 6.15. The number of amides is 1. The number of hydrogen-bond donors (Lipinski definition) is 1. The standard InChI is InChI=1S/C14H22N2O3/c1-4-16(6-7-19-5-2)14(17)11-8-12(15)10-13(9-11)18-3/h8-10H,4-7,15H2,1-3H3. The summed E-state index contributed by atoms with van der Waals surface area (Å²) in [4.78, 5) is 14.1. The zero-order valence-electron chi connectivity index (χ0n) is 11.8. The first-order chi connectivity index (χ1) is 9.12. The number of methoxy groups -OCH3 is 1. The summed E-state index contributed by atoms with van der Waals surface area (Å²) in [6, 6.07) is 5.05. The van der Waals surface area contributed by atoms with E-state index in [0.29, 0.717) is 43.3 Å². The van der Waals surface area contributed by atoms with Gasteiger partial charge in [0.05, 0.1) is 13.7 Å². The molecule has 0 aromatic heterocycles. The second-order valence-corrected chi connectivity index (χ2v) is 4.08. The molecular formula is C14H22N2O3. The highest BCUT2D eigenvalue weighted by molar-refractivity contribution is 5.95. The first-order valence-corrected chi connectivity index (χ1v) is 6.43. The van der Waals surface area contributed by atoms with Crippen LogP contribution in [0.3, 0.4) is 0 Å². The predicted octanol–water partition coefficient (Wildman–Crippen LogP) is 1.78. The van der Waals surface area contributed by atoms with E-state index in [1.54, 1.807) is 30.2 Å². The molecule has 1 aromatic rings. The molecule has 19 heavy (non-hydrogen) atoms. The van der Waals surface area contributed by atoms with Crippen LogP contribution in [0.25, 0.3) is 0 Å². The molecule has 0 aliphatic rings. The SMILES string of the molecule is CCOCCN(CC)C(=O)c1cc(N)cc(OC)c1. The van der Waals surface area contributed by atoms with Crippen LogP contribution in [-0.2, 0) is 4.74 Å². The van der Waals surface area contributed by atoms with E-state index in [9.17, 15) is 4.79 Å². The summed E-state index contributed by atoms with van der Waals surface area (Å²) in [5, 5.41) is 0. The Morgan fingerprint density at radius 3 is 2.63 bits per heavy atom. The Labute approximate surface area is 114 Å². The Bertz CT molecular complexity index is 421. The van der Waals surface area contributed by atoms with E-state index in [1.807, 2.05) is 13.8 Å². The molecule has 1 rings (SSSR count). The summed E-state index contributed by atoms with van der Waals surface area (Å²) in [6.07, 6.45) is 0. The van der Waals surface area contributed by atoms with Crippen molar-refractivity contribution >= 4 is 11.6 Å². The van der Waals surface area contributed by atoms with Gasteiger partial charge in [-0.05, 0) is 26.0 Å². The number of nitrogens with two attached hydrogens (primary N) is 1. The van der Waals surface area contributed by atoms with E-state index in [4.69, 9.17) is 15.2 Å². The Hall–Kier alpha value is -1.75. The molecule has 0 saturated carbocycles. The average molecular weight is 266 g/mol. The molecule has 0 aliphatic carbocycles. The lowest BCUT2D eigenvalue weighted by Gasteiger charge is -2.21. The van der Waals surface area contributed by atoms with Crippen LogP contribution in [0.4, 0.5) is 5.69 Å². The van der Waals surface area contributed by atoms with Crippen molar-refractivity contribution in [2.24, 2.45) is 0 Å². The van der Waals surface area contributed by atoms with Gasteiger partial charge in [-0.3, -0.25) is 4.79 Å². The van der Waals surface area contributed by atoms with Gasteiger partial charge in [0.15, 0.2) is 0 Å². The number of likely N-dealkylation sites (N-methyl/N-ethyl adjacent to an activating group) is 1. The number of hydrogen-bond acceptors (Lipinski definition) is 4. The molecule has 2 N–H and O–H groups in total. The first-order valence-electron chi connectivity index (χ1n) is 6.43. The zero-order chi connectivity index (χ0) is 14.3. The van der Waals surface area contributed by atoms with E-state index < -0.39 is 0 Å². The smallest absolute Gasteiger partial charge is 0.254 e. The fourth-order valence-electron chi connectivity index (χ4n) is 1.77. The molecule has 0 saturated heterocycles. The monoisotopic (exact) mass is 266 g/mol. The van der Waals surface area contributed by atoms with Crippen LogP contribution in [0.15, 0.2) is 18.2 Å². The van der Waals surface area contributed by atoms with E-state index in [0.717, 1.165) is 0 Å². The lowest BCUT2D eigenvalue weighted by Crippen LogP contribution is -2.33. The summed E-state index contributed by atoms with van der Waals surface area (Å²) in [6.45, 7) is 6.25. The number of carbonyl (C=O) groups is 1. The van der Waals surface area contributed by atoms with E-state index in [2.05, 4.69) is 0 Å².